The summed E-state index contributed by atoms with van der Waals surface area (Å²) < 4.78 is 28.9. The van der Waals surface area contributed by atoms with Crippen LogP contribution in [0.1, 0.15) is 39.8 Å². The number of nitrogens with zero attached hydrogens (tertiary/aromatic N) is 1. The molecule has 0 aromatic carbocycles. The minimum absolute atomic E-state index is 0.100. The molecule has 1 rings (SSSR count). The molecule has 2 N–H and O–H groups in total. The van der Waals surface area contributed by atoms with E-state index in [0.717, 1.165) is 25.2 Å². The van der Waals surface area contributed by atoms with Gasteiger partial charge in [0.15, 0.2) is 0 Å². The van der Waals surface area contributed by atoms with Gasteiger partial charge in [-0.15, -0.1) is 0 Å². The van der Waals surface area contributed by atoms with Crippen molar-refractivity contribution in [2.75, 3.05) is 6.54 Å². The Hall–Kier alpha value is -0.850. The van der Waals surface area contributed by atoms with E-state index in [1.165, 1.54) is 0 Å². The van der Waals surface area contributed by atoms with Gasteiger partial charge in [-0.05, 0) is 32.9 Å². The monoisotopic (exact) mass is 287 g/mol. The standard InChI is InChI=1S/C13H25N3O2S/c1-5-7-16-10-13(8-12(16)9-14-6-2)19(17,18)15-11(3)4/h8,10-11,14-15H,5-7,9H2,1-4H3. The average Bonchev–Trinajstić information content (AvgIpc) is 2.69. The van der Waals surface area contributed by atoms with Gasteiger partial charge in [-0.3, -0.25) is 0 Å². The van der Waals surface area contributed by atoms with Crippen LogP contribution < -0.4 is 10.0 Å². The van der Waals surface area contributed by atoms with Gasteiger partial charge in [0.2, 0.25) is 10.0 Å². The molecule has 1 heterocycles. The lowest BCUT2D eigenvalue weighted by Crippen LogP contribution is -2.29. The lowest BCUT2D eigenvalue weighted by Gasteiger charge is -2.07. The molecule has 0 fully saturated rings. The number of rotatable bonds is 8. The SMILES string of the molecule is CCCn1cc(S(=O)(=O)NC(C)C)cc1CNCC. The summed E-state index contributed by atoms with van der Waals surface area (Å²) in [6.45, 7) is 10.1. The van der Waals surface area contributed by atoms with Crippen LogP contribution in [0.4, 0.5) is 0 Å². The molecule has 0 aliphatic rings. The van der Waals surface area contributed by atoms with Crippen molar-refractivity contribution in [3.8, 4) is 0 Å². The van der Waals surface area contributed by atoms with Crippen molar-refractivity contribution in [1.82, 2.24) is 14.6 Å². The molecule has 0 aliphatic carbocycles. The van der Waals surface area contributed by atoms with E-state index in [9.17, 15) is 8.42 Å². The Balaban J connectivity index is 3.02. The van der Waals surface area contributed by atoms with Gasteiger partial charge in [-0.1, -0.05) is 13.8 Å². The summed E-state index contributed by atoms with van der Waals surface area (Å²) in [5.41, 5.74) is 1.01. The van der Waals surface area contributed by atoms with E-state index in [1.54, 1.807) is 12.3 Å². The number of hydrogen-bond acceptors (Lipinski definition) is 3. The fraction of sp³-hybridized carbons (Fsp3) is 0.692. The van der Waals surface area contributed by atoms with Gasteiger partial charge in [0.05, 0.1) is 4.90 Å². The Morgan fingerprint density at radius 1 is 1.32 bits per heavy atom. The topological polar surface area (TPSA) is 63.1 Å². The van der Waals surface area contributed by atoms with Crippen LogP contribution in [0.3, 0.4) is 0 Å². The number of hydrogen-bond donors (Lipinski definition) is 2. The van der Waals surface area contributed by atoms with Gasteiger partial charge in [-0.2, -0.15) is 0 Å². The summed E-state index contributed by atoms with van der Waals surface area (Å²) in [7, 11) is -3.40. The second kappa shape index (κ2) is 7.07. The molecule has 6 heteroatoms. The van der Waals surface area contributed by atoms with Gasteiger partial charge in [0.1, 0.15) is 0 Å². The van der Waals surface area contributed by atoms with E-state index >= 15 is 0 Å². The first-order chi connectivity index (χ1) is 8.90. The van der Waals surface area contributed by atoms with Gasteiger partial charge < -0.3 is 9.88 Å². The Morgan fingerprint density at radius 2 is 2.00 bits per heavy atom. The summed E-state index contributed by atoms with van der Waals surface area (Å²) in [4.78, 5) is 0.350. The quantitative estimate of drug-likeness (QED) is 0.765. The summed E-state index contributed by atoms with van der Waals surface area (Å²) in [5.74, 6) is 0. The molecule has 0 atom stereocenters. The predicted molar refractivity (Wildman–Crippen MR) is 77.6 cm³/mol. The second-order valence-corrected chi connectivity index (χ2v) is 6.63. The zero-order valence-electron chi connectivity index (χ0n) is 12.2. The van der Waals surface area contributed by atoms with E-state index in [0.29, 0.717) is 11.4 Å². The van der Waals surface area contributed by atoms with Crippen LogP contribution in [0.5, 0.6) is 0 Å². The van der Waals surface area contributed by atoms with Gasteiger partial charge in [-0.25, -0.2) is 13.1 Å². The van der Waals surface area contributed by atoms with Crippen molar-refractivity contribution in [3.63, 3.8) is 0 Å². The van der Waals surface area contributed by atoms with Crippen LogP contribution in [-0.4, -0.2) is 25.6 Å². The van der Waals surface area contributed by atoms with E-state index < -0.39 is 10.0 Å². The third-order valence-corrected chi connectivity index (χ3v) is 4.31. The number of aryl methyl sites for hydroxylation is 1. The molecule has 0 radical (unpaired) electrons. The fourth-order valence-corrected chi connectivity index (χ4v) is 3.21. The maximum atomic E-state index is 12.1. The Bertz CT molecular complexity index is 492. The van der Waals surface area contributed by atoms with Crippen molar-refractivity contribution in [3.05, 3.63) is 18.0 Å². The first-order valence-corrected chi connectivity index (χ1v) is 8.31. The molecule has 0 saturated carbocycles. The smallest absolute Gasteiger partial charge is 0.242 e. The molecule has 0 aliphatic heterocycles. The minimum Gasteiger partial charge on any atom is -0.349 e. The van der Waals surface area contributed by atoms with Gasteiger partial charge in [0.25, 0.3) is 0 Å². The van der Waals surface area contributed by atoms with Crippen LogP contribution in [0, 0.1) is 0 Å². The molecule has 0 spiro atoms. The highest BCUT2D eigenvalue weighted by molar-refractivity contribution is 7.89. The molecule has 5 nitrogen and oxygen atoms in total. The van der Waals surface area contributed by atoms with Gasteiger partial charge >= 0.3 is 0 Å². The first-order valence-electron chi connectivity index (χ1n) is 6.82. The highest BCUT2D eigenvalue weighted by atomic mass is 32.2. The largest absolute Gasteiger partial charge is 0.349 e. The van der Waals surface area contributed by atoms with Crippen molar-refractivity contribution in [2.24, 2.45) is 0 Å². The summed E-state index contributed by atoms with van der Waals surface area (Å²) in [5, 5.41) is 3.23. The van der Waals surface area contributed by atoms with Gasteiger partial charge in [0, 0.05) is 31.0 Å². The van der Waals surface area contributed by atoms with Crippen LogP contribution in [0.2, 0.25) is 0 Å². The Labute approximate surface area is 116 Å². The molecule has 110 valence electrons. The summed E-state index contributed by atoms with van der Waals surface area (Å²) in [6, 6.07) is 1.65. The molecule has 0 saturated heterocycles. The molecule has 19 heavy (non-hydrogen) atoms. The molecular weight excluding hydrogens is 262 g/mol. The van der Waals surface area contributed by atoms with E-state index in [4.69, 9.17) is 0 Å². The Kier molecular flexibility index (Phi) is 6.03. The number of sulfonamides is 1. The minimum atomic E-state index is -3.40. The average molecular weight is 287 g/mol. The summed E-state index contributed by atoms with van der Waals surface area (Å²) in [6.07, 6.45) is 2.70. The normalized spacial score (nSPS) is 12.3. The lowest BCUT2D eigenvalue weighted by molar-refractivity contribution is 0.569. The molecule has 1 aromatic heterocycles. The van der Waals surface area contributed by atoms with Crippen molar-refractivity contribution < 1.29 is 8.42 Å². The summed E-state index contributed by atoms with van der Waals surface area (Å²) >= 11 is 0. The molecule has 0 amide bonds. The third kappa shape index (κ3) is 4.63. The second-order valence-electron chi connectivity index (χ2n) is 4.92. The van der Waals surface area contributed by atoms with E-state index in [2.05, 4.69) is 17.0 Å². The van der Waals surface area contributed by atoms with Crippen LogP contribution in [0.25, 0.3) is 0 Å². The van der Waals surface area contributed by atoms with Crippen molar-refractivity contribution in [2.45, 2.75) is 58.1 Å². The molecule has 1 aromatic rings. The fourth-order valence-electron chi connectivity index (χ4n) is 1.90. The molecule has 0 bridgehead atoms. The Morgan fingerprint density at radius 3 is 2.53 bits per heavy atom. The molecular formula is C13H25N3O2S. The first kappa shape index (κ1) is 16.2. The number of nitrogens with one attached hydrogen (secondary N) is 2. The lowest BCUT2D eigenvalue weighted by atomic mass is 10.4. The van der Waals surface area contributed by atoms with Crippen molar-refractivity contribution >= 4 is 10.0 Å². The van der Waals surface area contributed by atoms with Crippen LogP contribution >= 0.6 is 0 Å². The van der Waals surface area contributed by atoms with Crippen molar-refractivity contribution in [1.29, 1.82) is 0 Å². The highest BCUT2D eigenvalue weighted by Gasteiger charge is 2.18. The van der Waals surface area contributed by atoms with E-state index in [1.807, 2.05) is 25.3 Å². The van der Waals surface area contributed by atoms with Crippen LogP contribution in [-0.2, 0) is 23.1 Å². The molecule has 0 unspecified atom stereocenters. The number of aromatic nitrogens is 1. The maximum Gasteiger partial charge on any atom is 0.242 e. The predicted octanol–water partition coefficient (Wildman–Crippen LogP) is 1.69. The van der Waals surface area contributed by atoms with E-state index in [-0.39, 0.29) is 6.04 Å². The highest BCUT2D eigenvalue weighted by Crippen LogP contribution is 2.15. The zero-order chi connectivity index (χ0) is 14.5. The maximum absolute atomic E-state index is 12.1. The zero-order valence-corrected chi connectivity index (χ0v) is 13.0. The van der Waals surface area contributed by atoms with Crippen LogP contribution in [0.15, 0.2) is 17.2 Å². The third-order valence-electron chi connectivity index (χ3n) is 2.68.